The SMILES string of the molecule is Cc1sc(N=Cc2ccccc2O)c(C#N)c1C. The summed E-state index contributed by atoms with van der Waals surface area (Å²) in [5.41, 5.74) is 2.24. The van der Waals surface area contributed by atoms with Crippen LogP contribution in [-0.4, -0.2) is 11.3 Å². The van der Waals surface area contributed by atoms with Crippen molar-refractivity contribution in [1.29, 1.82) is 5.26 Å². The van der Waals surface area contributed by atoms with E-state index >= 15 is 0 Å². The van der Waals surface area contributed by atoms with Crippen molar-refractivity contribution in [3.63, 3.8) is 0 Å². The van der Waals surface area contributed by atoms with E-state index in [1.807, 2.05) is 19.9 Å². The fourth-order valence-electron chi connectivity index (χ4n) is 1.56. The molecule has 0 atom stereocenters. The molecular weight excluding hydrogens is 244 g/mol. The van der Waals surface area contributed by atoms with Gasteiger partial charge < -0.3 is 5.11 Å². The fraction of sp³-hybridized carbons (Fsp3) is 0.143. The second-order valence-electron chi connectivity index (χ2n) is 3.89. The topological polar surface area (TPSA) is 56.4 Å². The minimum absolute atomic E-state index is 0.185. The Hall–Kier alpha value is -2.12. The van der Waals surface area contributed by atoms with Crippen LogP contribution >= 0.6 is 11.3 Å². The summed E-state index contributed by atoms with van der Waals surface area (Å²) in [6.45, 7) is 3.89. The number of nitriles is 1. The highest BCUT2D eigenvalue weighted by atomic mass is 32.1. The number of nitrogens with zero attached hydrogens (tertiary/aromatic N) is 2. The maximum Gasteiger partial charge on any atom is 0.134 e. The summed E-state index contributed by atoms with van der Waals surface area (Å²) in [7, 11) is 0. The van der Waals surface area contributed by atoms with Crippen molar-refractivity contribution in [3.8, 4) is 11.8 Å². The van der Waals surface area contributed by atoms with Gasteiger partial charge in [0.1, 0.15) is 16.8 Å². The van der Waals surface area contributed by atoms with Crippen LogP contribution in [0.5, 0.6) is 5.75 Å². The van der Waals surface area contributed by atoms with Crippen LogP contribution in [0, 0.1) is 25.2 Å². The van der Waals surface area contributed by atoms with Crippen molar-refractivity contribution in [2.45, 2.75) is 13.8 Å². The molecule has 90 valence electrons. The molecule has 1 aromatic heterocycles. The van der Waals surface area contributed by atoms with Crippen LogP contribution in [0.15, 0.2) is 29.3 Å². The third-order valence-corrected chi connectivity index (χ3v) is 3.85. The lowest BCUT2D eigenvalue weighted by Gasteiger charge is -1.96. The van der Waals surface area contributed by atoms with E-state index in [2.05, 4.69) is 11.1 Å². The zero-order valence-corrected chi connectivity index (χ0v) is 11.0. The maximum absolute atomic E-state index is 9.62. The molecule has 0 aliphatic heterocycles. The van der Waals surface area contributed by atoms with Crippen LogP contribution in [0.2, 0.25) is 0 Å². The van der Waals surface area contributed by atoms with Gasteiger partial charge in [0.15, 0.2) is 0 Å². The van der Waals surface area contributed by atoms with E-state index in [-0.39, 0.29) is 5.75 Å². The molecule has 3 nitrogen and oxygen atoms in total. The molecule has 0 bridgehead atoms. The average molecular weight is 256 g/mol. The van der Waals surface area contributed by atoms with Crippen molar-refractivity contribution < 1.29 is 5.11 Å². The van der Waals surface area contributed by atoms with E-state index in [0.717, 1.165) is 10.4 Å². The Bertz CT molecular complexity index is 650. The number of aryl methyl sites for hydroxylation is 1. The first-order chi connectivity index (χ1) is 8.63. The number of phenolic OH excluding ortho intramolecular Hbond substituents is 1. The molecule has 0 amide bonds. The number of rotatable bonds is 2. The highest BCUT2D eigenvalue weighted by Gasteiger charge is 2.10. The fourth-order valence-corrected chi connectivity index (χ4v) is 2.51. The normalized spacial score (nSPS) is 10.7. The average Bonchev–Trinajstić information content (AvgIpc) is 2.64. The van der Waals surface area contributed by atoms with Crippen LogP contribution in [0.1, 0.15) is 21.6 Å². The van der Waals surface area contributed by atoms with Crippen LogP contribution in [0.4, 0.5) is 5.00 Å². The monoisotopic (exact) mass is 256 g/mol. The number of para-hydroxylation sites is 1. The van der Waals surface area contributed by atoms with E-state index in [4.69, 9.17) is 5.26 Å². The Labute approximate surface area is 110 Å². The highest BCUT2D eigenvalue weighted by Crippen LogP contribution is 2.34. The first-order valence-electron chi connectivity index (χ1n) is 5.45. The molecule has 4 heteroatoms. The van der Waals surface area contributed by atoms with Crippen LogP contribution in [0.3, 0.4) is 0 Å². The zero-order chi connectivity index (χ0) is 13.1. The molecule has 0 aliphatic carbocycles. The second kappa shape index (κ2) is 5.03. The Kier molecular flexibility index (Phi) is 3.45. The van der Waals surface area contributed by atoms with Crippen LogP contribution < -0.4 is 0 Å². The van der Waals surface area contributed by atoms with Gasteiger partial charge in [0, 0.05) is 16.7 Å². The van der Waals surface area contributed by atoms with Gasteiger partial charge in [0.05, 0.1) is 5.56 Å². The Morgan fingerprint density at radius 1 is 1.33 bits per heavy atom. The first-order valence-corrected chi connectivity index (χ1v) is 6.27. The predicted molar refractivity (Wildman–Crippen MR) is 73.9 cm³/mol. The van der Waals surface area contributed by atoms with Gasteiger partial charge in [-0.3, -0.25) is 0 Å². The lowest BCUT2D eigenvalue weighted by atomic mass is 10.2. The molecule has 0 fully saturated rings. The van der Waals surface area contributed by atoms with Gasteiger partial charge in [-0.25, -0.2) is 4.99 Å². The van der Waals surface area contributed by atoms with E-state index in [9.17, 15) is 5.11 Å². The molecule has 2 rings (SSSR count). The lowest BCUT2D eigenvalue weighted by molar-refractivity contribution is 0.474. The first kappa shape index (κ1) is 12.3. The smallest absolute Gasteiger partial charge is 0.134 e. The molecular formula is C14H12N2OS. The number of thiophene rings is 1. The molecule has 0 radical (unpaired) electrons. The maximum atomic E-state index is 9.62. The minimum atomic E-state index is 0.185. The molecule has 2 aromatic rings. The van der Waals surface area contributed by atoms with Crippen molar-refractivity contribution in [3.05, 3.63) is 45.8 Å². The van der Waals surface area contributed by atoms with Gasteiger partial charge in [-0.1, -0.05) is 12.1 Å². The third-order valence-electron chi connectivity index (χ3n) is 2.74. The molecule has 0 saturated heterocycles. The van der Waals surface area contributed by atoms with Gasteiger partial charge in [-0.15, -0.1) is 11.3 Å². The number of benzene rings is 1. The zero-order valence-electron chi connectivity index (χ0n) is 10.1. The second-order valence-corrected chi connectivity index (χ2v) is 5.10. The molecule has 1 heterocycles. The van der Waals surface area contributed by atoms with E-state index in [1.165, 1.54) is 11.3 Å². The highest BCUT2D eigenvalue weighted by molar-refractivity contribution is 7.16. The van der Waals surface area contributed by atoms with Crippen LogP contribution in [0.25, 0.3) is 0 Å². The molecule has 0 spiro atoms. The Balaban J connectivity index is 2.39. The Morgan fingerprint density at radius 2 is 2.06 bits per heavy atom. The summed E-state index contributed by atoms with van der Waals surface area (Å²) in [5, 5.41) is 19.4. The summed E-state index contributed by atoms with van der Waals surface area (Å²) in [6, 6.07) is 9.14. The number of aromatic hydroxyl groups is 1. The molecule has 0 aliphatic rings. The van der Waals surface area contributed by atoms with Crippen molar-refractivity contribution in [1.82, 2.24) is 0 Å². The minimum Gasteiger partial charge on any atom is -0.507 e. The molecule has 18 heavy (non-hydrogen) atoms. The Morgan fingerprint density at radius 3 is 2.72 bits per heavy atom. The quantitative estimate of drug-likeness (QED) is 0.833. The van der Waals surface area contributed by atoms with E-state index in [0.29, 0.717) is 16.1 Å². The number of phenols is 1. The summed E-state index contributed by atoms with van der Waals surface area (Å²) < 4.78 is 0. The largest absolute Gasteiger partial charge is 0.507 e. The van der Waals surface area contributed by atoms with Crippen molar-refractivity contribution in [2.24, 2.45) is 4.99 Å². The predicted octanol–water partition coefficient (Wildman–Crippen LogP) is 3.69. The van der Waals surface area contributed by atoms with Crippen molar-refractivity contribution >= 4 is 22.6 Å². The summed E-state index contributed by atoms with van der Waals surface area (Å²) in [4.78, 5) is 5.39. The summed E-state index contributed by atoms with van der Waals surface area (Å²) >= 11 is 1.49. The number of hydrogen-bond acceptors (Lipinski definition) is 4. The van der Waals surface area contributed by atoms with Gasteiger partial charge in [-0.05, 0) is 31.5 Å². The van der Waals surface area contributed by atoms with Crippen LogP contribution in [-0.2, 0) is 0 Å². The van der Waals surface area contributed by atoms with Gasteiger partial charge in [0.25, 0.3) is 0 Å². The molecule has 1 aromatic carbocycles. The summed E-state index contributed by atoms with van der Waals surface area (Å²) in [6.07, 6.45) is 1.58. The lowest BCUT2D eigenvalue weighted by Crippen LogP contribution is -1.81. The number of aliphatic imine (C=N–C) groups is 1. The van der Waals surface area contributed by atoms with Crippen molar-refractivity contribution in [2.75, 3.05) is 0 Å². The molecule has 0 unspecified atom stereocenters. The summed E-state index contributed by atoms with van der Waals surface area (Å²) in [5.74, 6) is 0.185. The van der Waals surface area contributed by atoms with Gasteiger partial charge >= 0.3 is 0 Å². The number of hydrogen-bond donors (Lipinski definition) is 1. The van der Waals surface area contributed by atoms with E-state index < -0.39 is 0 Å². The van der Waals surface area contributed by atoms with E-state index in [1.54, 1.807) is 24.4 Å². The molecule has 1 N–H and O–H groups in total. The molecule has 0 saturated carbocycles. The van der Waals surface area contributed by atoms with Gasteiger partial charge in [0.2, 0.25) is 0 Å². The standard InChI is InChI=1S/C14H12N2OS/c1-9-10(2)18-14(12(9)7-15)16-8-11-5-3-4-6-13(11)17/h3-6,8,17H,1-2H3. The third kappa shape index (κ3) is 2.27. The van der Waals surface area contributed by atoms with Gasteiger partial charge in [-0.2, -0.15) is 5.26 Å².